The molecule has 0 unspecified atom stereocenters. The second kappa shape index (κ2) is 15.4. The molecule has 0 radical (unpaired) electrons. The molecule has 0 bridgehead atoms. The zero-order valence-corrected chi connectivity index (χ0v) is 25.9. The van der Waals surface area contributed by atoms with Gasteiger partial charge in [-0.1, -0.05) is 60.7 Å². The number of benzene rings is 3. The van der Waals surface area contributed by atoms with Gasteiger partial charge >= 0.3 is 6.09 Å². The van der Waals surface area contributed by atoms with Crippen LogP contribution in [0.1, 0.15) is 44.7 Å². The van der Waals surface area contributed by atoms with Crippen LogP contribution in [0.3, 0.4) is 0 Å². The van der Waals surface area contributed by atoms with E-state index in [2.05, 4.69) is 22.8 Å². The van der Waals surface area contributed by atoms with Crippen LogP contribution in [-0.4, -0.2) is 64.1 Å². The molecule has 0 aromatic heterocycles. The molecule has 1 saturated heterocycles. The highest BCUT2D eigenvalue weighted by Gasteiger charge is 2.37. The topological polar surface area (TPSA) is 90.9 Å². The van der Waals surface area contributed by atoms with Crippen molar-refractivity contribution in [2.24, 2.45) is 0 Å². The van der Waals surface area contributed by atoms with Crippen molar-refractivity contribution in [3.05, 3.63) is 102 Å². The molecule has 7 nitrogen and oxygen atoms in total. The van der Waals surface area contributed by atoms with Crippen LogP contribution in [-0.2, 0) is 22.6 Å². The summed E-state index contributed by atoms with van der Waals surface area (Å²) >= 11 is 1.79. The number of thioether (sulfide) groups is 1. The minimum Gasteiger partial charge on any atom is -0.445 e. The van der Waals surface area contributed by atoms with Gasteiger partial charge in [0.05, 0.1) is 18.2 Å². The van der Waals surface area contributed by atoms with Crippen molar-refractivity contribution in [1.29, 1.82) is 0 Å². The van der Waals surface area contributed by atoms with E-state index in [1.807, 2.05) is 69.3 Å². The van der Waals surface area contributed by atoms with Crippen LogP contribution in [0.15, 0.2) is 89.8 Å². The Bertz CT molecular complexity index is 1300. The van der Waals surface area contributed by atoms with Crippen LogP contribution >= 0.6 is 11.8 Å². The predicted molar refractivity (Wildman–Crippen MR) is 168 cm³/mol. The lowest BCUT2D eigenvalue weighted by molar-refractivity contribution is -0.141. The minimum atomic E-state index is -1.12. The number of carbonyl (C=O) groups excluding carboxylic acids is 2. The standard InChI is InChI=1S/C34H42FN3O4S/c1-34(2,3)38(32(40)30-21-28(18-19-36-30)43-27-12-8-5-9-13-27)22-31(39)29(20-24-14-16-26(35)17-15-24)37-33(41)42-23-25-10-6-4-7-11-25/h4-17,28-31,36,39H,18-23H2,1-3H3,(H,37,41)/t28-,29+,30+,31-/m1/s1. The number of carbonyl (C=O) groups is 2. The molecule has 3 N–H and O–H groups in total. The Morgan fingerprint density at radius 1 is 1.02 bits per heavy atom. The summed E-state index contributed by atoms with van der Waals surface area (Å²) in [5.41, 5.74) is 0.978. The number of amides is 2. The van der Waals surface area contributed by atoms with Gasteiger partial charge < -0.3 is 25.4 Å². The van der Waals surface area contributed by atoms with Crippen molar-refractivity contribution in [1.82, 2.24) is 15.5 Å². The maximum Gasteiger partial charge on any atom is 0.407 e. The highest BCUT2D eigenvalue weighted by molar-refractivity contribution is 8.00. The normalized spacial score (nSPS) is 18.3. The maximum absolute atomic E-state index is 14.0. The van der Waals surface area contributed by atoms with Gasteiger partial charge in [0.1, 0.15) is 12.4 Å². The van der Waals surface area contributed by atoms with E-state index in [0.717, 1.165) is 24.1 Å². The first kappa shape index (κ1) is 32.5. The number of β-amino-alcohol motifs (C(OH)–C–C–N with tert-alkyl or cyclic N) is 1. The molecule has 4 rings (SSSR count). The first-order chi connectivity index (χ1) is 20.6. The number of hydrogen-bond donors (Lipinski definition) is 3. The van der Waals surface area contributed by atoms with E-state index < -0.39 is 23.8 Å². The Kier molecular flexibility index (Phi) is 11.6. The summed E-state index contributed by atoms with van der Waals surface area (Å²) in [6.07, 6.45) is 0.0558. The van der Waals surface area contributed by atoms with Crippen molar-refractivity contribution < 1.29 is 23.8 Å². The Labute approximate surface area is 258 Å². The summed E-state index contributed by atoms with van der Waals surface area (Å²) in [6.45, 7) is 6.62. The summed E-state index contributed by atoms with van der Waals surface area (Å²) in [4.78, 5) is 29.7. The van der Waals surface area contributed by atoms with E-state index in [4.69, 9.17) is 4.74 Å². The molecule has 2 amide bonds. The largest absolute Gasteiger partial charge is 0.445 e. The van der Waals surface area contributed by atoms with E-state index >= 15 is 0 Å². The summed E-state index contributed by atoms with van der Waals surface area (Å²) in [5.74, 6) is -0.457. The van der Waals surface area contributed by atoms with Crippen molar-refractivity contribution in [2.45, 2.75) is 80.5 Å². The lowest BCUT2D eigenvalue weighted by Crippen LogP contribution is -2.60. The second-order valence-corrected chi connectivity index (χ2v) is 13.3. The molecule has 3 aromatic rings. The number of alkyl carbamates (subject to hydrolysis) is 1. The third kappa shape index (κ3) is 10.1. The van der Waals surface area contributed by atoms with Crippen molar-refractivity contribution >= 4 is 23.8 Å². The van der Waals surface area contributed by atoms with Crippen molar-refractivity contribution in [3.63, 3.8) is 0 Å². The van der Waals surface area contributed by atoms with Gasteiger partial charge in [-0.25, -0.2) is 9.18 Å². The Balaban J connectivity index is 1.45. The smallest absolute Gasteiger partial charge is 0.407 e. The van der Waals surface area contributed by atoms with Crippen molar-refractivity contribution in [2.75, 3.05) is 13.1 Å². The van der Waals surface area contributed by atoms with Gasteiger partial charge in [0.25, 0.3) is 0 Å². The van der Waals surface area contributed by atoms with Gasteiger partial charge in [-0.2, -0.15) is 0 Å². The summed E-state index contributed by atoms with van der Waals surface area (Å²) in [5, 5.41) is 18.0. The fourth-order valence-electron chi connectivity index (χ4n) is 5.14. The number of aliphatic hydroxyl groups excluding tert-OH is 1. The zero-order valence-electron chi connectivity index (χ0n) is 25.0. The van der Waals surface area contributed by atoms with E-state index in [9.17, 15) is 19.1 Å². The Morgan fingerprint density at radius 2 is 1.67 bits per heavy atom. The van der Waals surface area contributed by atoms with E-state index in [1.54, 1.807) is 28.8 Å². The Hall–Kier alpha value is -3.40. The summed E-state index contributed by atoms with van der Waals surface area (Å²) in [7, 11) is 0. The van der Waals surface area contributed by atoms with Gasteiger partial charge in [0, 0.05) is 22.2 Å². The van der Waals surface area contributed by atoms with E-state index in [0.29, 0.717) is 6.42 Å². The number of nitrogens with one attached hydrogen (secondary N) is 2. The van der Waals surface area contributed by atoms with Gasteiger partial charge in [0.15, 0.2) is 0 Å². The first-order valence-corrected chi connectivity index (χ1v) is 15.6. The molecule has 0 aliphatic carbocycles. The maximum atomic E-state index is 14.0. The average molecular weight is 608 g/mol. The number of piperidine rings is 1. The molecule has 0 saturated carbocycles. The average Bonchev–Trinajstić information content (AvgIpc) is 3.00. The molecular weight excluding hydrogens is 565 g/mol. The fourth-order valence-corrected chi connectivity index (χ4v) is 6.36. The molecule has 0 spiro atoms. The summed E-state index contributed by atoms with van der Waals surface area (Å²) < 4.78 is 19.0. The van der Waals surface area contributed by atoms with E-state index in [-0.39, 0.29) is 42.6 Å². The van der Waals surface area contributed by atoms with Crippen molar-refractivity contribution in [3.8, 4) is 0 Å². The molecular formula is C34H42FN3O4S. The fraction of sp³-hybridized carbons (Fsp3) is 0.412. The molecule has 1 aliphatic rings. The molecule has 1 fully saturated rings. The monoisotopic (exact) mass is 607 g/mol. The van der Waals surface area contributed by atoms with Crippen LogP contribution in [0, 0.1) is 5.82 Å². The molecule has 3 aromatic carbocycles. The SMILES string of the molecule is CC(C)(C)N(C[C@@H](O)[C@H](Cc1ccc(F)cc1)NC(=O)OCc1ccccc1)C(=O)[C@@H]1C[C@H](Sc2ccccc2)CCN1. The zero-order chi connectivity index (χ0) is 30.8. The number of rotatable bonds is 11. The van der Waals surface area contributed by atoms with Gasteiger partial charge in [0.2, 0.25) is 5.91 Å². The number of nitrogens with zero attached hydrogens (tertiary/aromatic N) is 1. The molecule has 9 heteroatoms. The quantitative estimate of drug-likeness (QED) is 0.264. The molecule has 4 atom stereocenters. The number of hydrogen-bond acceptors (Lipinski definition) is 6. The highest BCUT2D eigenvalue weighted by atomic mass is 32.2. The van der Waals surface area contributed by atoms with Gasteiger partial charge in [-0.05, 0) is 82.0 Å². The number of ether oxygens (including phenoxy) is 1. The molecule has 43 heavy (non-hydrogen) atoms. The minimum absolute atomic E-state index is 0.00182. The Morgan fingerprint density at radius 3 is 2.33 bits per heavy atom. The molecule has 1 aliphatic heterocycles. The van der Waals surface area contributed by atoms with Crippen LogP contribution in [0.5, 0.6) is 0 Å². The third-order valence-corrected chi connectivity index (χ3v) is 8.80. The lowest BCUT2D eigenvalue weighted by atomic mass is 9.96. The highest BCUT2D eigenvalue weighted by Crippen LogP contribution is 2.31. The van der Waals surface area contributed by atoms with Crippen LogP contribution in [0.25, 0.3) is 0 Å². The van der Waals surface area contributed by atoms with E-state index in [1.165, 1.54) is 17.0 Å². The third-order valence-electron chi connectivity index (χ3n) is 7.49. The predicted octanol–water partition coefficient (Wildman–Crippen LogP) is 5.56. The summed E-state index contributed by atoms with van der Waals surface area (Å²) in [6, 6.07) is 24.3. The second-order valence-electron chi connectivity index (χ2n) is 11.9. The molecule has 230 valence electrons. The molecule has 1 heterocycles. The van der Waals surface area contributed by atoms with Crippen LogP contribution in [0.4, 0.5) is 9.18 Å². The van der Waals surface area contributed by atoms with Gasteiger partial charge in [-0.15, -0.1) is 11.8 Å². The first-order valence-electron chi connectivity index (χ1n) is 14.7. The number of halogens is 1. The van der Waals surface area contributed by atoms with Gasteiger partial charge in [-0.3, -0.25) is 4.79 Å². The van der Waals surface area contributed by atoms with Crippen LogP contribution < -0.4 is 10.6 Å². The number of aliphatic hydroxyl groups is 1. The lowest BCUT2D eigenvalue weighted by Gasteiger charge is -2.42. The van der Waals surface area contributed by atoms with Crippen LogP contribution in [0.2, 0.25) is 0 Å².